The van der Waals surface area contributed by atoms with Crippen molar-refractivity contribution in [2.24, 2.45) is 12.8 Å². The quantitative estimate of drug-likeness (QED) is 0.591. The molecule has 1 aromatic heterocycles. The molecule has 0 radical (unpaired) electrons. The first-order valence-electron chi connectivity index (χ1n) is 5.55. The second-order valence-corrected chi connectivity index (χ2v) is 5.13. The molecular formula is C11H10F3N5OS. The van der Waals surface area contributed by atoms with Gasteiger partial charge in [0.25, 0.3) is 0 Å². The Morgan fingerprint density at radius 2 is 2.14 bits per heavy atom. The van der Waals surface area contributed by atoms with Crippen molar-refractivity contribution in [1.82, 2.24) is 14.8 Å². The summed E-state index contributed by atoms with van der Waals surface area (Å²) < 4.78 is 39.7. The normalized spacial score (nSPS) is 11.6. The summed E-state index contributed by atoms with van der Waals surface area (Å²) in [5, 5.41) is 13.5. The van der Waals surface area contributed by atoms with E-state index in [9.17, 15) is 18.0 Å². The minimum Gasteiger partial charge on any atom is -0.384 e. The Kier molecular flexibility index (Phi) is 3.81. The van der Waals surface area contributed by atoms with E-state index in [0.717, 1.165) is 23.9 Å². The first-order valence-corrected chi connectivity index (χ1v) is 6.36. The van der Waals surface area contributed by atoms with Crippen molar-refractivity contribution in [3.05, 3.63) is 39.8 Å². The lowest BCUT2D eigenvalue weighted by Crippen LogP contribution is -2.18. The monoisotopic (exact) mass is 317 g/mol. The van der Waals surface area contributed by atoms with Crippen LogP contribution in [0.15, 0.2) is 33.0 Å². The molecule has 112 valence electrons. The van der Waals surface area contributed by atoms with Crippen LogP contribution >= 0.6 is 11.8 Å². The Labute approximate surface area is 120 Å². The standard InChI is InChI=1S/C11H10F3N5OS/c1-19-9(20)17-18-10(19)21-5-2-3-7(11(12,13)14)6(4-5)8(15)16/h2-4H,1H3,(H3,15,16)(H,17,20). The molecule has 2 rings (SSSR count). The van der Waals surface area contributed by atoms with Gasteiger partial charge in [-0.05, 0) is 30.0 Å². The van der Waals surface area contributed by atoms with Crippen molar-refractivity contribution in [3.63, 3.8) is 0 Å². The van der Waals surface area contributed by atoms with E-state index in [1.165, 1.54) is 17.7 Å². The first-order chi connectivity index (χ1) is 9.70. The lowest BCUT2D eigenvalue weighted by Gasteiger charge is -2.13. The fourth-order valence-corrected chi connectivity index (χ4v) is 2.42. The van der Waals surface area contributed by atoms with Crippen LogP contribution < -0.4 is 11.4 Å². The molecule has 4 N–H and O–H groups in total. The molecule has 0 amide bonds. The van der Waals surface area contributed by atoms with Crippen molar-refractivity contribution in [2.75, 3.05) is 0 Å². The fourth-order valence-electron chi connectivity index (χ4n) is 1.59. The van der Waals surface area contributed by atoms with Gasteiger partial charge < -0.3 is 5.73 Å². The van der Waals surface area contributed by atoms with Gasteiger partial charge in [-0.3, -0.25) is 9.98 Å². The number of amidine groups is 1. The van der Waals surface area contributed by atoms with Gasteiger partial charge in [0.15, 0.2) is 5.16 Å². The molecule has 0 fully saturated rings. The second kappa shape index (κ2) is 5.28. The number of benzene rings is 1. The number of halogens is 3. The lowest BCUT2D eigenvalue weighted by atomic mass is 10.1. The summed E-state index contributed by atoms with van der Waals surface area (Å²) in [4.78, 5) is 11.6. The summed E-state index contributed by atoms with van der Waals surface area (Å²) in [6.45, 7) is 0. The number of aromatic nitrogens is 3. The molecule has 0 saturated carbocycles. The van der Waals surface area contributed by atoms with Crippen LogP contribution in [0.3, 0.4) is 0 Å². The summed E-state index contributed by atoms with van der Waals surface area (Å²) in [6.07, 6.45) is -4.59. The van der Waals surface area contributed by atoms with Crippen LogP contribution in [0.25, 0.3) is 0 Å². The molecule has 0 aliphatic heterocycles. The van der Waals surface area contributed by atoms with Gasteiger partial charge in [0.1, 0.15) is 5.84 Å². The zero-order chi connectivity index (χ0) is 15.8. The van der Waals surface area contributed by atoms with Crippen LogP contribution in [0, 0.1) is 5.41 Å². The van der Waals surface area contributed by atoms with Crippen LogP contribution in [0.1, 0.15) is 11.1 Å². The maximum atomic E-state index is 12.8. The number of hydrogen-bond acceptors (Lipinski definition) is 4. The Morgan fingerprint density at radius 1 is 1.48 bits per heavy atom. The minimum atomic E-state index is -4.59. The maximum Gasteiger partial charge on any atom is 0.417 e. The Bertz CT molecular complexity index is 749. The van der Waals surface area contributed by atoms with E-state index in [1.807, 2.05) is 0 Å². The van der Waals surface area contributed by atoms with Crippen LogP contribution in [0.4, 0.5) is 13.2 Å². The third-order valence-corrected chi connectivity index (χ3v) is 3.67. The zero-order valence-electron chi connectivity index (χ0n) is 10.7. The Hall–Kier alpha value is -2.23. The summed E-state index contributed by atoms with van der Waals surface area (Å²) in [5.74, 6) is -0.680. The molecule has 0 bridgehead atoms. The van der Waals surface area contributed by atoms with E-state index in [-0.39, 0.29) is 5.16 Å². The number of aromatic amines is 1. The minimum absolute atomic E-state index is 0.286. The van der Waals surface area contributed by atoms with E-state index in [2.05, 4.69) is 10.2 Å². The lowest BCUT2D eigenvalue weighted by molar-refractivity contribution is -0.137. The first kappa shape index (κ1) is 15.2. The van der Waals surface area contributed by atoms with Gasteiger partial charge in [0.05, 0.1) is 5.56 Å². The molecule has 0 aliphatic rings. The summed E-state index contributed by atoms with van der Waals surface area (Å²) in [7, 11) is 1.48. The molecule has 0 aliphatic carbocycles. The van der Waals surface area contributed by atoms with Crippen molar-refractivity contribution in [3.8, 4) is 0 Å². The molecule has 21 heavy (non-hydrogen) atoms. The number of nitrogens with zero attached hydrogens (tertiary/aromatic N) is 2. The summed E-state index contributed by atoms with van der Waals surface area (Å²) >= 11 is 0.987. The Balaban J connectivity index is 2.43. The molecule has 1 aromatic carbocycles. The van der Waals surface area contributed by atoms with E-state index in [4.69, 9.17) is 11.1 Å². The smallest absolute Gasteiger partial charge is 0.384 e. The summed E-state index contributed by atoms with van der Waals surface area (Å²) in [5.41, 5.74) is 3.38. The maximum absolute atomic E-state index is 12.8. The molecule has 0 spiro atoms. The van der Waals surface area contributed by atoms with Crippen LogP contribution in [-0.2, 0) is 13.2 Å². The van der Waals surface area contributed by atoms with Gasteiger partial charge >= 0.3 is 11.9 Å². The van der Waals surface area contributed by atoms with E-state index in [1.54, 1.807) is 0 Å². The molecule has 0 unspecified atom stereocenters. The average Bonchev–Trinajstić information content (AvgIpc) is 2.69. The van der Waals surface area contributed by atoms with Gasteiger partial charge in [0.2, 0.25) is 0 Å². The zero-order valence-corrected chi connectivity index (χ0v) is 11.5. The number of nitrogen functional groups attached to an aromatic ring is 1. The van der Waals surface area contributed by atoms with E-state index in [0.29, 0.717) is 4.90 Å². The average molecular weight is 317 g/mol. The van der Waals surface area contributed by atoms with Gasteiger partial charge in [-0.25, -0.2) is 9.89 Å². The van der Waals surface area contributed by atoms with Gasteiger partial charge in [-0.15, -0.1) is 5.10 Å². The molecular weight excluding hydrogens is 307 g/mol. The van der Waals surface area contributed by atoms with Crippen molar-refractivity contribution >= 4 is 17.6 Å². The topological polar surface area (TPSA) is 101 Å². The second-order valence-electron chi connectivity index (χ2n) is 4.09. The van der Waals surface area contributed by atoms with E-state index < -0.39 is 28.8 Å². The molecule has 10 heteroatoms. The van der Waals surface area contributed by atoms with Crippen LogP contribution in [0.5, 0.6) is 0 Å². The molecule has 0 saturated heterocycles. The predicted octanol–water partition coefficient (Wildman–Crippen LogP) is 1.56. The highest BCUT2D eigenvalue weighted by atomic mass is 32.2. The van der Waals surface area contributed by atoms with Gasteiger partial charge in [0, 0.05) is 17.5 Å². The van der Waals surface area contributed by atoms with E-state index >= 15 is 0 Å². The van der Waals surface area contributed by atoms with Gasteiger partial charge in [-0.2, -0.15) is 13.2 Å². The number of rotatable bonds is 3. The SMILES string of the molecule is Cn1c(Sc2ccc(C(F)(F)F)c(C(=N)N)c2)n[nH]c1=O. The number of nitrogens with two attached hydrogens (primary N) is 1. The highest BCUT2D eigenvalue weighted by molar-refractivity contribution is 7.99. The van der Waals surface area contributed by atoms with Crippen LogP contribution in [-0.4, -0.2) is 20.6 Å². The van der Waals surface area contributed by atoms with Crippen molar-refractivity contribution in [1.29, 1.82) is 5.41 Å². The number of alkyl halides is 3. The number of hydrogen-bond donors (Lipinski definition) is 3. The Morgan fingerprint density at radius 3 is 2.62 bits per heavy atom. The summed E-state index contributed by atoms with van der Waals surface area (Å²) in [6, 6.07) is 3.23. The number of H-pyrrole nitrogens is 1. The highest BCUT2D eigenvalue weighted by Gasteiger charge is 2.34. The number of nitrogens with one attached hydrogen (secondary N) is 2. The van der Waals surface area contributed by atoms with Crippen LogP contribution in [0.2, 0.25) is 0 Å². The van der Waals surface area contributed by atoms with Crippen molar-refractivity contribution in [2.45, 2.75) is 16.2 Å². The third kappa shape index (κ3) is 3.10. The largest absolute Gasteiger partial charge is 0.417 e. The highest BCUT2D eigenvalue weighted by Crippen LogP contribution is 2.35. The molecule has 2 aromatic rings. The third-order valence-electron chi connectivity index (χ3n) is 2.63. The molecule has 1 heterocycles. The molecule has 6 nitrogen and oxygen atoms in total. The fraction of sp³-hybridized carbons (Fsp3) is 0.182. The van der Waals surface area contributed by atoms with Crippen molar-refractivity contribution < 1.29 is 13.2 Å². The predicted molar refractivity (Wildman–Crippen MR) is 70.4 cm³/mol. The molecule has 0 atom stereocenters. The van der Waals surface area contributed by atoms with Gasteiger partial charge in [-0.1, -0.05) is 0 Å².